The molecule has 3 atom stereocenters. The fourth-order valence-corrected chi connectivity index (χ4v) is 4.11. The molecule has 1 aromatic rings. The number of fused-ring (bicyclic) bond motifs is 2. The van der Waals surface area contributed by atoms with Crippen molar-refractivity contribution in [2.75, 3.05) is 0 Å². The Hall–Kier alpha value is -0.950. The second kappa shape index (κ2) is 4.86. The van der Waals surface area contributed by atoms with Crippen LogP contribution in [-0.2, 0) is 21.3 Å². The molecule has 3 rings (SSSR count). The molecule has 2 fully saturated rings. The van der Waals surface area contributed by atoms with E-state index in [-0.39, 0.29) is 23.1 Å². The summed E-state index contributed by atoms with van der Waals surface area (Å²) in [6.45, 7) is 0.411. The summed E-state index contributed by atoms with van der Waals surface area (Å²) in [4.78, 5) is 0.285. The zero-order valence-corrected chi connectivity index (χ0v) is 11.4. The molecule has 0 aromatic heterocycles. The normalized spacial score (nSPS) is 29.8. The minimum absolute atomic E-state index is 0.0445. The maximum atomic E-state index is 12.3. The van der Waals surface area contributed by atoms with Crippen LogP contribution in [0.25, 0.3) is 0 Å². The number of nitrogens with one attached hydrogen (secondary N) is 1. The molecule has 3 unspecified atom stereocenters. The van der Waals surface area contributed by atoms with Crippen molar-refractivity contribution in [3.8, 4) is 0 Å². The maximum Gasteiger partial charge on any atom is 0.240 e. The first kappa shape index (κ1) is 13.1. The molecule has 0 spiro atoms. The topological polar surface area (TPSA) is 81.4 Å². The molecule has 2 aliphatic rings. The van der Waals surface area contributed by atoms with Crippen LogP contribution in [0.1, 0.15) is 24.8 Å². The number of ether oxygens (including phenoxy) is 1. The molecule has 0 aliphatic carbocycles. The van der Waals surface area contributed by atoms with Crippen molar-refractivity contribution in [2.24, 2.45) is 5.73 Å². The van der Waals surface area contributed by atoms with E-state index >= 15 is 0 Å². The summed E-state index contributed by atoms with van der Waals surface area (Å²) in [7, 11) is -3.46. The number of hydrogen-bond donors (Lipinski definition) is 2. The van der Waals surface area contributed by atoms with E-state index in [0.29, 0.717) is 6.54 Å². The Balaban J connectivity index is 1.75. The van der Waals surface area contributed by atoms with E-state index < -0.39 is 10.0 Å². The van der Waals surface area contributed by atoms with Crippen LogP contribution in [-0.4, -0.2) is 26.7 Å². The third-order valence-corrected chi connectivity index (χ3v) is 5.39. The number of rotatable bonds is 4. The van der Waals surface area contributed by atoms with Crippen molar-refractivity contribution < 1.29 is 13.2 Å². The zero-order chi connectivity index (χ0) is 13.5. The number of benzene rings is 1. The molecule has 0 radical (unpaired) electrons. The number of nitrogens with two attached hydrogens (primary N) is 1. The van der Waals surface area contributed by atoms with Gasteiger partial charge in [-0.2, -0.15) is 0 Å². The Morgan fingerprint density at radius 3 is 2.53 bits per heavy atom. The quantitative estimate of drug-likeness (QED) is 0.853. The third kappa shape index (κ3) is 2.53. The van der Waals surface area contributed by atoms with Crippen molar-refractivity contribution >= 4 is 10.0 Å². The fourth-order valence-electron chi connectivity index (χ4n) is 2.83. The monoisotopic (exact) mass is 282 g/mol. The largest absolute Gasteiger partial charge is 0.373 e. The van der Waals surface area contributed by atoms with Gasteiger partial charge in [-0.05, 0) is 37.0 Å². The first-order chi connectivity index (χ1) is 9.08. The molecule has 2 saturated heterocycles. The molecule has 19 heavy (non-hydrogen) atoms. The Bertz CT molecular complexity index is 556. The number of hydrogen-bond acceptors (Lipinski definition) is 4. The van der Waals surface area contributed by atoms with Crippen LogP contribution >= 0.6 is 0 Å². The summed E-state index contributed by atoms with van der Waals surface area (Å²) in [5.41, 5.74) is 6.42. The van der Waals surface area contributed by atoms with Gasteiger partial charge < -0.3 is 10.5 Å². The highest BCUT2D eigenvalue weighted by molar-refractivity contribution is 7.89. The Morgan fingerprint density at radius 2 is 2.00 bits per heavy atom. The van der Waals surface area contributed by atoms with Crippen molar-refractivity contribution in [1.29, 1.82) is 0 Å². The summed E-state index contributed by atoms with van der Waals surface area (Å²) in [6, 6.07) is 6.59. The highest BCUT2D eigenvalue weighted by Gasteiger charge is 2.42. The van der Waals surface area contributed by atoms with Crippen LogP contribution in [0.4, 0.5) is 0 Å². The van der Waals surface area contributed by atoms with Gasteiger partial charge in [0.15, 0.2) is 0 Å². The maximum absolute atomic E-state index is 12.3. The Morgan fingerprint density at radius 1 is 1.26 bits per heavy atom. The molecule has 2 aliphatic heterocycles. The minimum atomic E-state index is -3.46. The van der Waals surface area contributed by atoms with Crippen LogP contribution in [0, 0.1) is 0 Å². The Labute approximate surface area is 113 Å². The van der Waals surface area contributed by atoms with Gasteiger partial charge >= 0.3 is 0 Å². The minimum Gasteiger partial charge on any atom is -0.373 e. The second-order valence-corrected chi connectivity index (χ2v) is 6.90. The molecule has 2 bridgehead atoms. The Kier molecular flexibility index (Phi) is 3.34. The first-order valence-electron chi connectivity index (χ1n) is 6.55. The van der Waals surface area contributed by atoms with E-state index in [1.165, 1.54) is 0 Å². The first-order valence-corrected chi connectivity index (χ1v) is 8.03. The average Bonchev–Trinajstić information content (AvgIpc) is 3.00. The highest BCUT2D eigenvalue weighted by atomic mass is 32.2. The van der Waals surface area contributed by atoms with Gasteiger partial charge in [0.05, 0.1) is 23.1 Å². The predicted octanol–water partition coefficient (Wildman–Crippen LogP) is 0.743. The van der Waals surface area contributed by atoms with E-state index in [9.17, 15) is 8.42 Å². The summed E-state index contributed by atoms with van der Waals surface area (Å²) in [5.74, 6) is 0. The van der Waals surface area contributed by atoms with Crippen LogP contribution in [0.5, 0.6) is 0 Å². The van der Waals surface area contributed by atoms with Crippen molar-refractivity contribution in [2.45, 2.75) is 49.0 Å². The highest BCUT2D eigenvalue weighted by Crippen LogP contribution is 2.34. The lowest BCUT2D eigenvalue weighted by Crippen LogP contribution is -2.41. The van der Waals surface area contributed by atoms with Gasteiger partial charge in [0.25, 0.3) is 0 Å². The van der Waals surface area contributed by atoms with Gasteiger partial charge in [0.2, 0.25) is 10.0 Å². The lowest BCUT2D eigenvalue weighted by Gasteiger charge is -2.20. The molecule has 6 heteroatoms. The molecule has 104 valence electrons. The van der Waals surface area contributed by atoms with Crippen LogP contribution in [0.3, 0.4) is 0 Å². The summed E-state index contributed by atoms with van der Waals surface area (Å²) in [6.07, 6.45) is 3.06. The van der Waals surface area contributed by atoms with Gasteiger partial charge in [-0.25, -0.2) is 13.1 Å². The molecule has 0 saturated carbocycles. The van der Waals surface area contributed by atoms with Gasteiger partial charge in [0.1, 0.15) is 0 Å². The zero-order valence-electron chi connectivity index (χ0n) is 10.6. The van der Waals surface area contributed by atoms with Crippen LogP contribution in [0.15, 0.2) is 29.2 Å². The van der Waals surface area contributed by atoms with E-state index in [1.54, 1.807) is 24.3 Å². The van der Waals surface area contributed by atoms with Crippen LogP contribution in [0.2, 0.25) is 0 Å². The fraction of sp³-hybridized carbons (Fsp3) is 0.538. The summed E-state index contributed by atoms with van der Waals surface area (Å²) < 4.78 is 32.9. The van der Waals surface area contributed by atoms with Crippen LogP contribution < -0.4 is 10.5 Å². The van der Waals surface area contributed by atoms with Gasteiger partial charge in [-0.3, -0.25) is 0 Å². The molecule has 1 aromatic carbocycles. The lowest BCUT2D eigenvalue weighted by molar-refractivity contribution is 0.0996. The lowest BCUT2D eigenvalue weighted by atomic mass is 9.96. The molecule has 0 amide bonds. The van der Waals surface area contributed by atoms with Crippen molar-refractivity contribution in [3.05, 3.63) is 29.8 Å². The van der Waals surface area contributed by atoms with Crippen molar-refractivity contribution in [1.82, 2.24) is 4.72 Å². The third-order valence-electron chi connectivity index (χ3n) is 3.88. The molecule has 2 heterocycles. The van der Waals surface area contributed by atoms with E-state index in [0.717, 1.165) is 24.8 Å². The molecular formula is C13H18N2O3S. The van der Waals surface area contributed by atoms with Gasteiger partial charge in [0, 0.05) is 6.54 Å². The summed E-state index contributed by atoms with van der Waals surface area (Å²) >= 11 is 0. The molecular weight excluding hydrogens is 264 g/mol. The van der Waals surface area contributed by atoms with Crippen molar-refractivity contribution in [3.63, 3.8) is 0 Å². The SMILES string of the molecule is NCc1ccc(S(=O)(=O)NC2CC3CCC2O3)cc1. The molecule has 5 nitrogen and oxygen atoms in total. The standard InChI is InChI=1S/C13H18N2O3S/c14-8-9-1-4-11(5-2-9)19(16,17)15-12-7-10-3-6-13(12)18-10/h1-2,4-5,10,12-13,15H,3,6-8,14H2. The van der Waals surface area contributed by atoms with Gasteiger partial charge in [-0.15, -0.1) is 0 Å². The smallest absolute Gasteiger partial charge is 0.240 e. The predicted molar refractivity (Wildman–Crippen MR) is 71.0 cm³/mol. The van der Waals surface area contributed by atoms with E-state index in [4.69, 9.17) is 10.5 Å². The molecule has 3 N–H and O–H groups in total. The summed E-state index contributed by atoms with van der Waals surface area (Å²) in [5, 5.41) is 0. The average molecular weight is 282 g/mol. The second-order valence-electron chi connectivity index (χ2n) is 5.19. The van der Waals surface area contributed by atoms with Gasteiger partial charge in [-0.1, -0.05) is 12.1 Å². The number of sulfonamides is 1. The van der Waals surface area contributed by atoms with E-state index in [1.807, 2.05) is 0 Å². The van der Waals surface area contributed by atoms with E-state index in [2.05, 4.69) is 4.72 Å².